The molecule has 2 aliphatic rings. The van der Waals surface area contributed by atoms with Gasteiger partial charge in [0.1, 0.15) is 0 Å². The molecule has 0 fully saturated rings. The zero-order valence-electron chi connectivity index (χ0n) is 16.4. The second-order valence-corrected chi connectivity index (χ2v) is 8.39. The van der Waals surface area contributed by atoms with Crippen molar-refractivity contribution >= 4 is 50.6 Å². The number of anilines is 1. The Labute approximate surface area is 184 Å². The summed E-state index contributed by atoms with van der Waals surface area (Å²) in [6.07, 6.45) is 1.95. The van der Waals surface area contributed by atoms with E-state index in [9.17, 15) is 4.79 Å². The van der Waals surface area contributed by atoms with Gasteiger partial charge < -0.3 is 9.64 Å². The Morgan fingerprint density at radius 2 is 1.76 bits per heavy atom. The molecule has 0 N–H and O–H groups in total. The monoisotopic (exact) mass is 471 g/mol. The number of esters is 1. The SMILES string of the molecule is CCCN(CCC)C1=NC2(OC(=O)c3ccccc32)N(c2ccc(Br)cc2)C1=S. The van der Waals surface area contributed by atoms with Crippen LogP contribution in [0.4, 0.5) is 5.69 Å². The minimum absolute atomic E-state index is 0.381. The van der Waals surface area contributed by atoms with Gasteiger partial charge in [-0.15, -0.1) is 0 Å². The first-order valence-electron chi connectivity index (χ1n) is 9.79. The molecule has 2 heterocycles. The number of carbonyl (C=O) groups excluding carboxylic acids is 1. The number of thiocarbonyl (C=S) groups is 1. The molecule has 29 heavy (non-hydrogen) atoms. The van der Waals surface area contributed by atoms with Crippen LogP contribution in [-0.2, 0) is 10.6 Å². The van der Waals surface area contributed by atoms with E-state index in [1.54, 1.807) is 6.07 Å². The van der Waals surface area contributed by atoms with E-state index in [-0.39, 0.29) is 5.97 Å². The van der Waals surface area contributed by atoms with Crippen molar-refractivity contribution in [2.24, 2.45) is 4.99 Å². The van der Waals surface area contributed by atoms with Crippen LogP contribution in [0.25, 0.3) is 0 Å². The summed E-state index contributed by atoms with van der Waals surface area (Å²) in [5, 5.41) is 0. The van der Waals surface area contributed by atoms with Crippen molar-refractivity contribution in [2.45, 2.75) is 32.5 Å². The van der Waals surface area contributed by atoms with Crippen molar-refractivity contribution in [1.82, 2.24) is 4.90 Å². The van der Waals surface area contributed by atoms with Crippen LogP contribution >= 0.6 is 28.1 Å². The van der Waals surface area contributed by atoms with Crippen LogP contribution < -0.4 is 4.90 Å². The van der Waals surface area contributed by atoms with Crippen LogP contribution in [0.1, 0.15) is 42.6 Å². The van der Waals surface area contributed by atoms with Crippen molar-refractivity contribution in [3.63, 3.8) is 0 Å². The third kappa shape index (κ3) is 3.26. The molecular weight excluding hydrogens is 450 g/mol. The van der Waals surface area contributed by atoms with Crippen molar-refractivity contribution in [2.75, 3.05) is 18.0 Å². The number of hydrogen-bond acceptors (Lipinski definition) is 5. The molecule has 2 aromatic rings. The average Bonchev–Trinajstić information content (AvgIpc) is 3.17. The zero-order chi connectivity index (χ0) is 20.6. The maximum Gasteiger partial charge on any atom is 0.342 e. The first-order valence-corrected chi connectivity index (χ1v) is 11.0. The lowest BCUT2D eigenvalue weighted by atomic mass is 10.0. The molecule has 0 amide bonds. The maximum absolute atomic E-state index is 12.7. The molecule has 2 aliphatic heterocycles. The van der Waals surface area contributed by atoms with Crippen molar-refractivity contribution in [3.8, 4) is 0 Å². The molecule has 7 heteroatoms. The van der Waals surface area contributed by atoms with E-state index in [0.29, 0.717) is 16.4 Å². The van der Waals surface area contributed by atoms with Crippen LogP contribution in [0.15, 0.2) is 58.0 Å². The minimum atomic E-state index is -1.30. The summed E-state index contributed by atoms with van der Waals surface area (Å²) in [6.45, 7) is 5.95. The van der Waals surface area contributed by atoms with Crippen molar-refractivity contribution in [1.29, 1.82) is 0 Å². The first kappa shape index (κ1) is 20.0. The molecule has 150 valence electrons. The van der Waals surface area contributed by atoms with E-state index in [1.165, 1.54) is 0 Å². The zero-order valence-corrected chi connectivity index (χ0v) is 18.8. The first-order chi connectivity index (χ1) is 14.0. The fraction of sp³-hybridized carbons (Fsp3) is 0.318. The lowest BCUT2D eigenvalue weighted by Crippen LogP contribution is -2.46. The maximum atomic E-state index is 12.7. The molecule has 0 bridgehead atoms. The Hall–Kier alpha value is -2.25. The number of halogens is 1. The Morgan fingerprint density at radius 1 is 1.10 bits per heavy atom. The fourth-order valence-corrected chi connectivity index (χ4v) is 4.53. The number of carbonyl (C=O) groups is 1. The average molecular weight is 472 g/mol. The molecule has 0 saturated carbocycles. The van der Waals surface area contributed by atoms with Gasteiger partial charge in [0.15, 0.2) is 10.8 Å². The highest BCUT2D eigenvalue weighted by atomic mass is 79.9. The Kier molecular flexibility index (Phi) is 5.44. The summed E-state index contributed by atoms with van der Waals surface area (Å²) in [5.74, 6) is -0.975. The third-order valence-corrected chi connectivity index (χ3v) is 5.95. The highest BCUT2D eigenvalue weighted by Crippen LogP contribution is 2.46. The van der Waals surface area contributed by atoms with Crippen LogP contribution in [0.3, 0.4) is 0 Å². The van der Waals surface area contributed by atoms with E-state index in [1.807, 2.05) is 47.4 Å². The molecule has 0 radical (unpaired) electrons. The summed E-state index contributed by atoms with van der Waals surface area (Å²) in [7, 11) is 0. The molecule has 0 saturated heterocycles. The highest BCUT2D eigenvalue weighted by Gasteiger charge is 2.57. The van der Waals surface area contributed by atoms with E-state index >= 15 is 0 Å². The van der Waals surface area contributed by atoms with Gasteiger partial charge in [-0.2, -0.15) is 4.99 Å². The Balaban J connectivity index is 1.90. The van der Waals surface area contributed by atoms with Crippen LogP contribution in [0, 0.1) is 0 Å². The largest absolute Gasteiger partial charge is 0.409 e. The number of benzene rings is 2. The molecule has 1 spiro atoms. The molecule has 0 aromatic heterocycles. The molecule has 0 aliphatic carbocycles. The van der Waals surface area contributed by atoms with Gasteiger partial charge in [0, 0.05) is 23.2 Å². The van der Waals surface area contributed by atoms with Gasteiger partial charge in [0.25, 0.3) is 0 Å². The van der Waals surface area contributed by atoms with Crippen molar-refractivity contribution < 1.29 is 9.53 Å². The molecule has 1 atom stereocenters. The summed E-state index contributed by atoms with van der Waals surface area (Å²) < 4.78 is 6.92. The number of fused-ring (bicyclic) bond motifs is 2. The van der Waals surface area contributed by atoms with E-state index in [2.05, 4.69) is 34.7 Å². The quantitative estimate of drug-likeness (QED) is 0.448. The summed E-state index contributed by atoms with van der Waals surface area (Å²) in [4.78, 5) is 22.3. The second kappa shape index (κ2) is 7.88. The highest BCUT2D eigenvalue weighted by molar-refractivity contribution is 9.10. The number of ether oxygens (including phenoxy) is 1. The van der Waals surface area contributed by atoms with Gasteiger partial charge in [0.2, 0.25) is 0 Å². The number of hydrogen-bond donors (Lipinski definition) is 0. The molecular formula is C22H22BrN3O2S. The molecule has 5 nitrogen and oxygen atoms in total. The smallest absolute Gasteiger partial charge is 0.342 e. The summed E-state index contributed by atoms with van der Waals surface area (Å²) in [6, 6.07) is 15.2. The topological polar surface area (TPSA) is 45.1 Å². The van der Waals surface area contributed by atoms with Crippen LogP contribution in [0.5, 0.6) is 0 Å². The fourth-order valence-electron chi connectivity index (χ4n) is 3.86. The normalized spacial score (nSPS) is 20.1. The number of amidine groups is 1. The molecule has 4 rings (SSSR count). The standard InChI is InChI=1S/C22H22BrN3O2S/c1-3-13-25(14-4-2)19-20(29)26(16-11-9-15(23)10-12-16)22(24-19)18-8-6-5-7-17(18)21(27)28-22/h5-12H,3-4,13-14H2,1-2H3. The predicted octanol–water partition coefficient (Wildman–Crippen LogP) is 5.10. The predicted molar refractivity (Wildman–Crippen MR) is 122 cm³/mol. The number of aliphatic imine (C=N–C) groups is 1. The van der Waals surface area contributed by atoms with Gasteiger partial charge in [-0.25, -0.2) is 4.79 Å². The van der Waals surface area contributed by atoms with Crippen LogP contribution in [0.2, 0.25) is 0 Å². The van der Waals surface area contributed by atoms with Gasteiger partial charge in [-0.3, -0.25) is 4.90 Å². The second-order valence-electron chi connectivity index (χ2n) is 7.08. The lowest BCUT2D eigenvalue weighted by Gasteiger charge is -2.33. The third-order valence-electron chi connectivity index (χ3n) is 5.06. The number of nitrogens with zero attached hydrogens (tertiary/aromatic N) is 3. The van der Waals surface area contributed by atoms with E-state index in [4.69, 9.17) is 21.9 Å². The minimum Gasteiger partial charge on any atom is -0.409 e. The van der Waals surface area contributed by atoms with Crippen molar-refractivity contribution in [3.05, 3.63) is 64.1 Å². The van der Waals surface area contributed by atoms with Crippen LogP contribution in [-0.4, -0.2) is 34.8 Å². The van der Waals surface area contributed by atoms with Gasteiger partial charge >= 0.3 is 11.8 Å². The van der Waals surface area contributed by atoms with Gasteiger partial charge in [-0.1, -0.05) is 54.1 Å². The van der Waals surface area contributed by atoms with Gasteiger partial charge in [0.05, 0.1) is 11.1 Å². The summed E-state index contributed by atoms with van der Waals surface area (Å²) >= 11 is 9.39. The Bertz CT molecular complexity index is 986. The lowest BCUT2D eigenvalue weighted by molar-refractivity contribution is 0.00266. The molecule has 2 aromatic carbocycles. The van der Waals surface area contributed by atoms with Gasteiger partial charge in [-0.05, 0) is 49.2 Å². The number of rotatable bonds is 5. The van der Waals surface area contributed by atoms with E-state index in [0.717, 1.165) is 41.7 Å². The molecule has 1 unspecified atom stereocenters. The van der Waals surface area contributed by atoms with E-state index < -0.39 is 5.85 Å². The summed E-state index contributed by atoms with van der Waals surface area (Å²) in [5.41, 5.74) is 2.08. The Morgan fingerprint density at radius 3 is 2.41 bits per heavy atom.